The fraction of sp³-hybridized carbons (Fsp3) is 0.750. The van der Waals surface area contributed by atoms with Crippen LogP contribution in [-0.2, 0) is 12.7 Å². The molecule has 2 fully saturated rings. The average Bonchev–Trinajstić information content (AvgIpc) is 2.45. The molecule has 0 bridgehead atoms. The van der Waals surface area contributed by atoms with Gasteiger partial charge in [0.25, 0.3) is 5.56 Å². The minimum Gasteiger partial charge on any atom is -0.303 e. The molecule has 1 aliphatic heterocycles. The van der Waals surface area contributed by atoms with E-state index < -0.39 is 17.4 Å². The van der Waals surface area contributed by atoms with Gasteiger partial charge in [-0.15, -0.1) is 0 Å². The largest absolute Gasteiger partial charge is 0.433 e. The van der Waals surface area contributed by atoms with Gasteiger partial charge in [-0.05, 0) is 50.6 Å². The number of rotatable bonds is 4. The summed E-state index contributed by atoms with van der Waals surface area (Å²) < 4.78 is 38.9. The Bertz CT molecular complexity index is 587. The van der Waals surface area contributed by atoms with Crippen molar-refractivity contribution in [2.75, 3.05) is 19.6 Å². The molecule has 0 unspecified atom stereocenters. The molecule has 0 spiro atoms. The molecule has 2 heterocycles. The molecule has 0 aromatic carbocycles. The summed E-state index contributed by atoms with van der Waals surface area (Å²) in [5.74, 6) is 1.19. The SMILES string of the molecule is O=c1cc(C(F)(F)F)ncn1CC1CCN(CC2CCC2)CC1. The van der Waals surface area contributed by atoms with Crippen molar-refractivity contribution in [3.8, 4) is 0 Å². The number of piperidine rings is 1. The highest BCUT2D eigenvalue weighted by atomic mass is 19.4. The van der Waals surface area contributed by atoms with Gasteiger partial charge in [0.1, 0.15) is 0 Å². The first kappa shape index (κ1) is 16.5. The van der Waals surface area contributed by atoms with E-state index >= 15 is 0 Å². The first-order valence-electron chi connectivity index (χ1n) is 8.28. The van der Waals surface area contributed by atoms with Crippen molar-refractivity contribution in [3.63, 3.8) is 0 Å². The van der Waals surface area contributed by atoms with Crippen LogP contribution in [0.4, 0.5) is 13.2 Å². The van der Waals surface area contributed by atoms with Crippen LogP contribution < -0.4 is 5.56 Å². The van der Waals surface area contributed by atoms with Crippen molar-refractivity contribution in [2.45, 2.75) is 44.8 Å². The van der Waals surface area contributed by atoms with Gasteiger partial charge in [-0.3, -0.25) is 9.36 Å². The van der Waals surface area contributed by atoms with Gasteiger partial charge >= 0.3 is 6.18 Å². The third kappa shape index (κ3) is 4.13. The van der Waals surface area contributed by atoms with E-state index in [2.05, 4.69) is 9.88 Å². The predicted molar refractivity (Wildman–Crippen MR) is 80.0 cm³/mol. The van der Waals surface area contributed by atoms with Crippen LogP contribution >= 0.6 is 0 Å². The Morgan fingerprint density at radius 1 is 1.09 bits per heavy atom. The first-order chi connectivity index (χ1) is 10.9. The maximum absolute atomic E-state index is 12.5. The van der Waals surface area contributed by atoms with Crippen LogP contribution in [-0.4, -0.2) is 34.1 Å². The summed E-state index contributed by atoms with van der Waals surface area (Å²) in [7, 11) is 0. The van der Waals surface area contributed by atoms with Crippen molar-refractivity contribution in [1.29, 1.82) is 0 Å². The zero-order valence-corrected chi connectivity index (χ0v) is 13.1. The van der Waals surface area contributed by atoms with Crippen molar-refractivity contribution in [2.24, 2.45) is 11.8 Å². The van der Waals surface area contributed by atoms with Crippen LogP contribution in [0.3, 0.4) is 0 Å². The number of aromatic nitrogens is 2. The lowest BCUT2D eigenvalue weighted by molar-refractivity contribution is -0.141. The predicted octanol–water partition coefficient (Wildman–Crippen LogP) is 2.77. The fourth-order valence-corrected chi connectivity index (χ4v) is 3.39. The van der Waals surface area contributed by atoms with Crippen molar-refractivity contribution < 1.29 is 13.2 Å². The first-order valence-corrected chi connectivity index (χ1v) is 8.28. The molecule has 1 aromatic heterocycles. The molecule has 2 aliphatic rings. The van der Waals surface area contributed by atoms with Gasteiger partial charge in [0.2, 0.25) is 0 Å². The zero-order chi connectivity index (χ0) is 16.4. The minimum absolute atomic E-state index is 0.337. The van der Waals surface area contributed by atoms with Gasteiger partial charge in [0.15, 0.2) is 5.69 Å². The Morgan fingerprint density at radius 2 is 1.74 bits per heavy atom. The van der Waals surface area contributed by atoms with E-state index in [4.69, 9.17) is 0 Å². The highest BCUT2D eigenvalue weighted by Gasteiger charge is 2.33. The molecule has 23 heavy (non-hydrogen) atoms. The summed E-state index contributed by atoms with van der Waals surface area (Å²) in [6.07, 6.45) is 2.47. The highest BCUT2D eigenvalue weighted by molar-refractivity contribution is 5.03. The normalized spacial score (nSPS) is 21.3. The molecule has 1 aliphatic carbocycles. The van der Waals surface area contributed by atoms with Gasteiger partial charge in [-0.1, -0.05) is 6.42 Å². The molecule has 1 aromatic rings. The van der Waals surface area contributed by atoms with Gasteiger partial charge < -0.3 is 4.90 Å². The van der Waals surface area contributed by atoms with Crippen LogP contribution in [0.5, 0.6) is 0 Å². The number of halogens is 3. The van der Waals surface area contributed by atoms with Gasteiger partial charge in [0, 0.05) is 19.2 Å². The Morgan fingerprint density at radius 3 is 2.26 bits per heavy atom. The number of hydrogen-bond donors (Lipinski definition) is 0. The lowest BCUT2D eigenvalue weighted by Crippen LogP contribution is -2.40. The van der Waals surface area contributed by atoms with E-state index in [1.165, 1.54) is 30.4 Å². The van der Waals surface area contributed by atoms with E-state index in [1.807, 2.05) is 0 Å². The molecule has 7 heteroatoms. The smallest absolute Gasteiger partial charge is 0.303 e. The molecular weight excluding hydrogens is 307 g/mol. The van der Waals surface area contributed by atoms with Crippen LogP contribution in [0.15, 0.2) is 17.2 Å². The van der Waals surface area contributed by atoms with Crippen LogP contribution in [0.1, 0.15) is 37.8 Å². The minimum atomic E-state index is -4.56. The third-order valence-corrected chi connectivity index (χ3v) is 5.07. The average molecular weight is 329 g/mol. The van der Waals surface area contributed by atoms with Gasteiger partial charge in [-0.2, -0.15) is 13.2 Å². The molecule has 128 valence electrons. The van der Waals surface area contributed by atoms with E-state index in [1.54, 1.807) is 0 Å². The van der Waals surface area contributed by atoms with Crippen molar-refractivity contribution >= 4 is 0 Å². The molecule has 1 saturated heterocycles. The second-order valence-electron chi connectivity index (χ2n) is 6.80. The molecule has 3 rings (SSSR count). The molecule has 0 radical (unpaired) electrons. The quantitative estimate of drug-likeness (QED) is 0.852. The molecule has 0 N–H and O–H groups in total. The Kier molecular flexibility index (Phi) is 4.75. The van der Waals surface area contributed by atoms with E-state index in [0.717, 1.165) is 38.2 Å². The standard InChI is InChI=1S/C16H22F3N3O/c17-16(18,19)14-8-15(23)22(11-20-14)10-13-4-6-21(7-5-13)9-12-2-1-3-12/h8,11-13H,1-7,9-10H2. The summed E-state index contributed by atoms with van der Waals surface area (Å²) in [6, 6.07) is 0.589. The van der Waals surface area contributed by atoms with Crippen molar-refractivity contribution in [3.05, 3.63) is 28.4 Å². The number of nitrogens with zero attached hydrogens (tertiary/aromatic N) is 3. The molecule has 0 amide bonds. The lowest BCUT2D eigenvalue weighted by atomic mass is 9.84. The summed E-state index contributed by atoms with van der Waals surface area (Å²) >= 11 is 0. The maximum Gasteiger partial charge on any atom is 0.433 e. The monoisotopic (exact) mass is 329 g/mol. The highest BCUT2D eigenvalue weighted by Crippen LogP contribution is 2.29. The summed E-state index contributed by atoms with van der Waals surface area (Å²) in [4.78, 5) is 17.7. The molecule has 4 nitrogen and oxygen atoms in total. The van der Waals surface area contributed by atoms with Crippen LogP contribution in [0.25, 0.3) is 0 Å². The molecular formula is C16H22F3N3O. The topological polar surface area (TPSA) is 38.1 Å². The fourth-order valence-electron chi connectivity index (χ4n) is 3.39. The van der Waals surface area contributed by atoms with Crippen molar-refractivity contribution in [1.82, 2.24) is 14.5 Å². The van der Waals surface area contributed by atoms with Gasteiger partial charge in [-0.25, -0.2) is 4.98 Å². The second-order valence-corrected chi connectivity index (χ2v) is 6.80. The van der Waals surface area contributed by atoms with E-state index in [9.17, 15) is 18.0 Å². The number of alkyl halides is 3. The van der Waals surface area contributed by atoms with E-state index in [-0.39, 0.29) is 0 Å². The zero-order valence-electron chi connectivity index (χ0n) is 13.1. The number of hydrogen-bond acceptors (Lipinski definition) is 3. The van der Waals surface area contributed by atoms with E-state index in [0.29, 0.717) is 18.5 Å². The Balaban J connectivity index is 1.53. The third-order valence-electron chi connectivity index (χ3n) is 5.07. The van der Waals surface area contributed by atoms with Gasteiger partial charge in [0.05, 0.1) is 6.33 Å². The Hall–Kier alpha value is -1.37. The van der Waals surface area contributed by atoms with Crippen LogP contribution in [0, 0.1) is 11.8 Å². The summed E-state index contributed by atoms with van der Waals surface area (Å²) in [5, 5.41) is 0. The lowest BCUT2D eigenvalue weighted by Gasteiger charge is -2.37. The molecule has 1 saturated carbocycles. The maximum atomic E-state index is 12.5. The second kappa shape index (κ2) is 6.63. The number of likely N-dealkylation sites (tertiary alicyclic amines) is 1. The Labute approximate surface area is 133 Å². The molecule has 0 atom stereocenters. The summed E-state index contributed by atoms with van der Waals surface area (Å²) in [6.45, 7) is 3.67. The van der Waals surface area contributed by atoms with Crippen LogP contribution in [0.2, 0.25) is 0 Å². The summed E-state index contributed by atoms with van der Waals surface area (Å²) in [5.41, 5.74) is -1.74.